The predicted octanol–water partition coefficient (Wildman–Crippen LogP) is 3.28. The number of thiazole rings is 1. The van der Waals surface area contributed by atoms with Crippen LogP contribution in [-0.2, 0) is 10.2 Å². The van der Waals surface area contributed by atoms with E-state index in [1.54, 1.807) is 11.3 Å². The lowest BCUT2D eigenvalue weighted by Crippen LogP contribution is -2.27. The van der Waals surface area contributed by atoms with Crippen molar-refractivity contribution >= 4 is 22.4 Å². The summed E-state index contributed by atoms with van der Waals surface area (Å²) in [5, 5.41) is 7.18. The molecule has 0 radical (unpaired) electrons. The van der Waals surface area contributed by atoms with Gasteiger partial charge in [0.05, 0.1) is 5.41 Å². The first-order valence-corrected chi connectivity index (χ1v) is 9.13. The molecule has 0 atom stereocenters. The number of nitrogens with zero attached hydrogens (tertiary/aromatic N) is 1. The quantitative estimate of drug-likeness (QED) is 0.906. The van der Waals surface area contributed by atoms with Crippen LogP contribution >= 0.6 is 11.3 Å². The van der Waals surface area contributed by atoms with Crippen LogP contribution in [0.25, 0.3) is 0 Å². The van der Waals surface area contributed by atoms with Gasteiger partial charge < -0.3 is 10.6 Å². The Balaban J connectivity index is 1.46. The Morgan fingerprint density at radius 3 is 2.65 bits per heavy atom. The Morgan fingerprint density at radius 1 is 1.22 bits per heavy atom. The second kappa shape index (κ2) is 6.06. The molecule has 1 saturated heterocycles. The van der Waals surface area contributed by atoms with Crippen molar-refractivity contribution in [2.24, 2.45) is 0 Å². The van der Waals surface area contributed by atoms with Gasteiger partial charge in [-0.05, 0) is 50.3 Å². The number of anilines is 1. The summed E-state index contributed by atoms with van der Waals surface area (Å²) in [6.45, 7) is 2.14. The first-order valence-electron chi connectivity index (χ1n) is 8.31. The molecule has 0 bridgehead atoms. The molecule has 5 heteroatoms. The number of nitrogens with one attached hydrogen (secondary N) is 2. The summed E-state index contributed by atoms with van der Waals surface area (Å²) in [7, 11) is 0. The van der Waals surface area contributed by atoms with Crippen LogP contribution < -0.4 is 10.6 Å². The molecule has 4 rings (SSSR count). The standard InChI is InChI=1S/C18H21N3OS/c22-16(18(8-9-18)14-4-2-1-3-5-14)21-17-20-12-15(23-17)13-6-10-19-11-7-13/h1-5,12-13,19H,6-11H2,(H,20,21,22). The number of carbonyl (C=O) groups is 1. The molecule has 2 N–H and O–H groups in total. The van der Waals surface area contributed by atoms with Gasteiger partial charge in [0.15, 0.2) is 5.13 Å². The highest BCUT2D eigenvalue weighted by Crippen LogP contribution is 2.49. The summed E-state index contributed by atoms with van der Waals surface area (Å²) in [6, 6.07) is 10.1. The van der Waals surface area contributed by atoms with Gasteiger partial charge >= 0.3 is 0 Å². The molecule has 2 heterocycles. The molecule has 1 aromatic heterocycles. The van der Waals surface area contributed by atoms with Gasteiger partial charge in [0, 0.05) is 11.1 Å². The molecule has 1 saturated carbocycles. The zero-order valence-electron chi connectivity index (χ0n) is 13.0. The van der Waals surface area contributed by atoms with Crippen molar-refractivity contribution < 1.29 is 4.79 Å². The number of piperidine rings is 1. The Morgan fingerprint density at radius 2 is 1.96 bits per heavy atom. The van der Waals surface area contributed by atoms with Crippen LogP contribution in [0.2, 0.25) is 0 Å². The third-order valence-corrected chi connectivity index (χ3v) is 6.07. The lowest BCUT2D eigenvalue weighted by Gasteiger charge is -2.20. The van der Waals surface area contributed by atoms with Crippen molar-refractivity contribution in [1.82, 2.24) is 10.3 Å². The van der Waals surface area contributed by atoms with Gasteiger partial charge in [-0.2, -0.15) is 0 Å². The number of rotatable bonds is 4. The lowest BCUT2D eigenvalue weighted by molar-refractivity contribution is -0.118. The van der Waals surface area contributed by atoms with Crippen LogP contribution in [0.1, 0.15) is 42.0 Å². The van der Waals surface area contributed by atoms with E-state index >= 15 is 0 Å². The molecule has 1 aliphatic carbocycles. The maximum absolute atomic E-state index is 12.7. The van der Waals surface area contributed by atoms with Gasteiger partial charge in [-0.3, -0.25) is 4.79 Å². The third kappa shape index (κ3) is 2.91. The lowest BCUT2D eigenvalue weighted by atomic mass is 9.95. The van der Waals surface area contributed by atoms with Crippen LogP contribution in [0.4, 0.5) is 5.13 Å². The molecule has 23 heavy (non-hydrogen) atoms. The fourth-order valence-corrected chi connectivity index (χ4v) is 4.37. The van der Waals surface area contributed by atoms with E-state index in [4.69, 9.17) is 0 Å². The first-order chi connectivity index (χ1) is 11.3. The van der Waals surface area contributed by atoms with Crippen LogP contribution in [0, 0.1) is 0 Å². The Kier molecular flexibility index (Phi) is 3.91. The Hall–Kier alpha value is -1.72. The van der Waals surface area contributed by atoms with E-state index in [0.717, 1.165) is 49.5 Å². The summed E-state index contributed by atoms with van der Waals surface area (Å²) in [5.74, 6) is 0.679. The molecule has 1 aromatic carbocycles. The minimum absolute atomic E-state index is 0.0925. The van der Waals surface area contributed by atoms with Crippen molar-refractivity contribution in [2.45, 2.75) is 37.0 Å². The third-order valence-electron chi connectivity index (χ3n) is 5.00. The van der Waals surface area contributed by atoms with Crippen molar-refractivity contribution in [1.29, 1.82) is 0 Å². The fourth-order valence-electron chi connectivity index (χ4n) is 3.39. The molecule has 0 unspecified atom stereocenters. The highest BCUT2D eigenvalue weighted by Gasteiger charge is 2.51. The first kappa shape index (κ1) is 14.8. The number of hydrogen-bond acceptors (Lipinski definition) is 4. The smallest absolute Gasteiger partial charge is 0.236 e. The number of benzene rings is 1. The molecule has 4 nitrogen and oxygen atoms in total. The van der Waals surface area contributed by atoms with Crippen LogP contribution in [0.3, 0.4) is 0 Å². The average molecular weight is 327 g/mol. The highest BCUT2D eigenvalue weighted by molar-refractivity contribution is 7.15. The highest BCUT2D eigenvalue weighted by atomic mass is 32.1. The minimum atomic E-state index is -0.331. The normalized spacial score (nSPS) is 20.2. The van der Waals surface area contributed by atoms with Gasteiger partial charge in [0.1, 0.15) is 0 Å². The largest absolute Gasteiger partial charge is 0.317 e. The van der Waals surface area contributed by atoms with Crippen molar-refractivity contribution in [3.63, 3.8) is 0 Å². The molecule has 1 aliphatic heterocycles. The number of hydrogen-bond donors (Lipinski definition) is 2. The number of aromatic nitrogens is 1. The van der Waals surface area contributed by atoms with Gasteiger partial charge in [0.2, 0.25) is 5.91 Å². The van der Waals surface area contributed by atoms with Crippen LogP contribution in [-0.4, -0.2) is 24.0 Å². The van der Waals surface area contributed by atoms with Gasteiger partial charge in [0.25, 0.3) is 0 Å². The summed E-state index contributed by atoms with van der Waals surface area (Å²) in [4.78, 5) is 18.5. The predicted molar refractivity (Wildman–Crippen MR) is 92.9 cm³/mol. The molecule has 120 valence electrons. The molecule has 2 fully saturated rings. The van der Waals surface area contributed by atoms with Crippen molar-refractivity contribution in [3.8, 4) is 0 Å². The van der Waals surface area contributed by atoms with E-state index in [1.165, 1.54) is 4.88 Å². The second-order valence-corrected chi connectivity index (χ2v) is 7.56. The van der Waals surface area contributed by atoms with Crippen molar-refractivity contribution in [3.05, 3.63) is 47.0 Å². The summed E-state index contributed by atoms with van der Waals surface area (Å²) in [6.07, 6.45) is 6.11. The summed E-state index contributed by atoms with van der Waals surface area (Å²) < 4.78 is 0. The minimum Gasteiger partial charge on any atom is -0.317 e. The topological polar surface area (TPSA) is 54.0 Å². The monoisotopic (exact) mass is 327 g/mol. The maximum Gasteiger partial charge on any atom is 0.236 e. The van der Waals surface area contributed by atoms with E-state index in [1.807, 2.05) is 24.4 Å². The molecule has 1 amide bonds. The number of amides is 1. The Labute approximate surface area is 140 Å². The fraction of sp³-hybridized carbons (Fsp3) is 0.444. The van der Waals surface area contributed by atoms with Crippen LogP contribution in [0.5, 0.6) is 0 Å². The van der Waals surface area contributed by atoms with Gasteiger partial charge in [-0.1, -0.05) is 30.3 Å². The van der Waals surface area contributed by atoms with Crippen LogP contribution in [0.15, 0.2) is 36.5 Å². The summed E-state index contributed by atoms with van der Waals surface area (Å²) >= 11 is 1.64. The maximum atomic E-state index is 12.7. The van der Waals surface area contributed by atoms with E-state index in [9.17, 15) is 4.79 Å². The summed E-state index contributed by atoms with van der Waals surface area (Å²) in [5.41, 5.74) is 0.787. The Bertz CT molecular complexity index is 687. The van der Waals surface area contributed by atoms with E-state index < -0.39 is 0 Å². The van der Waals surface area contributed by atoms with E-state index in [2.05, 4.69) is 27.8 Å². The average Bonchev–Trinajstić information content (AvgIpc) is 3.30. The number of carbonyl (C=O) groups excluding carboxylic acids is 1. The molecular weight excluding hydrogens is 306 g/mol. The molecule has 2 aromatic rings. The molecular formula is C18H21N3OS. The zero-order valence-corrected chi connectivity index (χ0v) is 13.9. The molecule has 2 aliphatic rings. The molecule has 0 spiro atoms. The van der Waals surface area contributed by atoms with Crippen molar-refractivity contribution in [2.75, 3.05) is 18.4 Å². The van der Waals surface area contributed by atoms with Gasteiger partial charge in [-0.25, -0.2) is 4.98 Å². The van der Waals surface area contributed by atoms with E-state index in [0.29, 0.717) is 5.92 Å². The zero-order chi connectivity index (χ0) is 15.7. The second-order valence-electron chi connectivity index (χ2n) is 6.49. The van der Waals surface area contributed by atoms with Gasteiger partial charge in [-0.15, -0.1) is 11.3 Å². The van der Waals surface area contributed by atoms with E-state index in [-0.39, 0.29) is 11.3 Å². The SMILES string of the molecule is O=C(Nc1ncc(C2CCNCC2)s1)C1(c2ccccc2)CC1.